The molecule has 0 saturated carbocycles. The Morgan fingerprint density at radius 1 is 1.42 bits per heavy atom. The lowest BCUT2D eigenvalue weighted by Gasteiger charge is -2.03. The predicted molar refractivity (Wildman–Crippen MR) is 72.5 cm³/mol. The fourth-order valence-corrected chi connectivity index (χ4v) is 2.42. The van der Waals surface area contributed by atoms with Crippen LogP contribution in [0.1, 0.15) is 28.5 Å². The van der Waals surface area contributed by atoms with Gasteiger partial charge < -0.3 is 9.15 Å². The Morgan fingerprint density at radius 3 is 2.95 bits per heavy atom. The minimum absolute atomic E-state index is 0.203. The predicted octanol–water partition coefficient (Wildman–Crippen LogP) is 3.62. The molecule has 2 rings (SSSR count). The lowest BCUT2D eigenvalue weighted by Crippen LogP contribution is -2.04. The number of carbonyl (C=O) groups is 1. The number of hydrogen-bond donors (Lipinski definition) is 0. The number of esters is 1. The van der Waals surface area contributed by atoms with E-state index in [1.165, 1.54) is 23.6 Å². The average Bonchev–Trinajstić information content (AvgIpc) is 2.83. The van der Waals surface area contributed by atoms with Crippen LogP contribution in [0, 0.1) is 13.8 Å². The number of oxazole rings is 1. The van der Waals surface area contributed by atoms with Gasteiger partial charge in [-0.25, -0.2) is 4.79 Å². The topological polar surface area (TPSA) is 52.3 Å². The van der Waals surface area contributed by atoms with E-state index in [0.717, 1.165) is 10.5 Å². The molecule has 1 aromatic heterocycles. The van der Waals surface area contributed by atoms with E-state index in [0.29, 0.717) is 11.8 Å². The second kappa shape index (κ2) is 5.93. The van der Waals surface area contributed by atoms with Crippen LogP contribution in [-0.2, 0) is 4.74 Å². The molecule has 0 amide bonds. The third-order valence-corrected chi connectivity index (χ3v) is 3.53. The third kappa shape index (κ3) is 3.38. The van der Waals surface area contributed by atoms with Crippen molar-refractivity contribution < 1.29 is 13.9 Å². The molecule has 1 aromatic carbocycles. The molecule has 19 heavy (non-hydrogen) atoms. The zero-order valence-corrected chi connectivity index (χ0v) is 11.9. The van der Waals surface area contributed by atoms with E-state index < -0.39 is 5.97 Å². The van der Waals surface area contributed by atoms with E-state index in [9.17, 15) is 4.79 Å². The van der Waals surface area contributed by atoms with E-state index in [1.807, 2.05) is 19.9 Å². The first-order chi connectivity index (χ1) is 9.10. The fraction of sp³-hybridized carbons (Fsp3) is 0.286. The quantitative estimate of drug-likeness (QED) is 0.799. The molecule has 0 aliphatic carbocycles. The summed E-state index contributed by atoms with van der Waals surface area (Å²) in [4.78, 5) is 16.7. The Balaban J connectivity index is 2.15. The van der Waals surface area contributed by atoms with Crippen LogP contribution in [-0.4, -0.2) is 17.6 Å². The van der Waals surface area contributed by atoms with Crippen LogP contribution in [0.25, 0.3) is 0 Å². The van der Waals surface area contributed by atoms with Crippen molar-refractivity contribution in [1.29, 1.82) is 0 Å². The molecule has 100 valence electrons. The number of ether oxygens (including phenoxy) is 1. The number of rotatable bonds is 4. The molecule has 0 bridgehead atoms. The van der Waals surface area contributed by atoms with Crippen molar-refractivity contribution in [3.05, 3.63) is 41.3 Å². The first-order valence-corrected chi connectivity index (χ1v) is 6.79. The number of hydrogen-bond acceptors (Lipinski definition) is 5. The highest BCUT2D eigenvalue weighted by Gasteiger charge is 2.14. The van der Waals surface area contributed by atoms with Crippen LogP contribution in [0.2, 0.25) is 0 Å². The molecule has 0 radical (unpaired) electrons. The van der Waals surface area contributed by atoms with Crippen molar-refractivity contribution in [2.75, 3.05) is 6.61 Å². The summed E-state index contributed by atoms with van der Waals surface area (Å²) >= 11 is 1.40. The Morgan fingerprint density at radius 2 is 2.21 bits per heavy atom. The number of carbonyl (C=O) groups excluding carboxylic acids is 1. The number of aryl methyl sites for hydroxylation is 2. The average molecular weight is 277 g/mol. The SMILES string of the molecule is CCOC(=O)c1coc(Sc2cc(C)ccc2C)n1. The van der Waals surface area contributed by atoms with Crippen LogP contribution >= 0.6 is 11.8 Å². The van der Waals surface area contributed by atoms with Gasteiger partial charge in [-0.1, -0.05) is 12.1 Å². The molecule has 0 N–H and O–H groups in total. The second-order valence-electron chi connectivity index (χ2n) is 4.09. The minimum atomic E-state index is -0.459. The maximum atomic E-state index is 11.5. The second-order valence-corrected chi connectivity index (χ2v) is 5.08. The van der Waals surface area contributed by atoms with Crippen molar-refractivity contribution in [2.45, 2.75) is 30.9 Å². The maximum absolute atomic E-state index is 11.5. The van der Waals surface area contributed by atoms with E-state index >= 15 is 0 Å². The standard InChI is InChI=1S/C14H15NO3S/c1-4-17-13(16)11-8-18-14(15-11)19-12-7-9(2)5-6-10(12)3/h5-8H,4H2,1-3H3. The zero-order chi connectivity index (χ0) is 13.8. The van der Waals surface area contributed by atoms with Crippen LogP contribution in [0.15, 0.2) is 39.0 Å². The molecular weight excluding hydrogens is 262 g/mol. The van der Waals surface area contributed by atoms with Crippen LogP contribution in [0.4, 0.5) is 0 Å². The number of benzene rings is 1. The molecule has 0 saturated heterocycles. The molecule has 1 heterocycles. The van der Waals surface area contributed by atoms with E-state index in [4.69, 9.17) is 9.15 Å². The monoisotopic (exact) mass is 277 g/mol. The molecule has 0 aliphatic heterocycles. The zero-order valence-electron chi connectivity index (χ0n) is 11.1. The summed E-state index contributed by atoms with van der Waals surface area (Å²) < 4.78 is 10.1. The van der Waals surface area contributed by atoms with Crippen LogP contribution in [0.3, 0.4) is 0 Å². The summed E-state index contributed by atoms with van der Waals surface area (Å²) in [5.41, 5.74) is 2.52. The Hall–Kier alpha value is -1.75. The van der Waals surface area contributed by atoms with Gasteiger partial charge >= 0.3 is 5.97 Å². The molecule has 5 heteroatoms. The third-order valence-electron chi connectivity index (χ3n) is 2.51. The molecule has 0 atom stereocenters. The van der Waals surface area contributed by atoms with Crippen LogP contribution in [0.5, 0.6) is 0 Å². The summed E-state index contributed by atoms with van der Waals surface area (Å²) in [6, 6.07) is 6.17. The number of aromatic nitrogens is 1. The molecular formula is C14H15NO3S. The molecule has 0 unspecified atom stereocenters. The largest absolute Gasteiger partial charge is 0.461 e. The lowest BCUT2D eigenvalue weighted by atomic mass is 10.2. The summed E-state index contributed by atoms with van der Waals surface area (Å²) in [5.74, 6) is -0.459. The Bertz CT molecular complexity index is 592. The summed E-state index contributed by atoms with van der Waals surface area (Å²) in [5, 5.41) is 0.441. The fourth-order valence-electron chi connectivity index (χ4n) is 1.51. The molecule has 0 spiro atoms. The van der Waals surface area contributed by atoms with Gasteiger partial charge in [0.1, 0.15) is 6.26 Å². The van der Waals surface area contributed by atoms with Crippen LogP contribution < -0.4 is 0 Å². The molecule has 0 fully saturated rings. The first-order valence-electron chi connectivity index (χ1n) is 5.98. The summed E-state index contributed by atoms with van der Waals surface area (Å²) in [6.07, 6.45) is 1.32. The number of nitrogens with zero attached hydrogens (tertiary/aromatic N) is 1. The highest BCUT2D eigenvalue weighted by molar-refractivity contribution is 7.99. The van der Waals surface area contributed by atoms with Crippen molar-refractivity contribution in [1.82, 2.24) is 4.98 Å². The van der Waals surface area contributed by atoms with E-state index in [1.54, 1.807) is 6.92 Å². The van der Waals surface area contributed by atoms with Gasteiger partial charge in [0.05, 0.1) is 6.61 Å². The summed E-state index contributed by atoms with van der Waals surface area (Å²) in [6.45, 7) is 6.13. The van der Waals surface area contributed by atoms with Crippen molar-refractivity contribution in [2.24, 2.45) is 0 Å². The highest BCUT2D eigenvalue weighted by atomic mass is 32.2. The van der Waals surface area contributed by atoms with Gasteiger partial charge in [-0.3, -0.25) is 0 Å². The normalized spacial score (nSPS) is 10.5. The van der Waals surface area contributed by atoms with Gasteiger partial charge in [-0.2, -0.15) is 4.98 Å². The minimum Gasteiger partial charge on any atom is -0.461 e. The highest BCUT2D eigenvalue weighted by Crippen LogP contribution is 2.30. The Labute approximate surface area is 116 Å². The first kappa shape index (κ1) is 13.7. The Kier molecular flexibility index (Phi) is 4.27. The van der Waals surface area contributed by atoms with Crippen molar-refractivity contribution >= 4 is 17.7 Å². The molecule has 0 aliphatic rings. The lowest BCUT2D eigenvalue weighted by molar-refractivity contribution is 0.0519. The maximum Gasteiger partial charge on any atom is 0.360 e. The van der Waals surface area contributed by atoms with Gasteiger partial charge in [0.2, 0.25) is 0 Å². The van der Waals surface area contributed by atoms with Gasteiger partial charge in [0.15, 0.2) is 5.69 Å². The van der Waals surface area contributed by atoms with E-state index in [2.05, 4.69) is 17.1 Å². The van der Waals surface area contributed by atoms with Gasteiger partial charge in [0.25, 0.3) is 5.22 Å². The van der Waals surface area contributed by atoms with Gasteiger partial charge in [-0.05, 0) is 49.7 Å². The van der Waals surface area contributed by atoms with Crippen molar-refractivity contribution in [3.63, 3.8) is 0 Å². The molecule has 2 aromatic rings. The van der Waals surface area contributed by atoms with Crippen molar-refractivity contribution in [3.8, 4) is 0 Å². The smallest absolute Gasteiger partial charge is 0.360 e. The van der Waals surface area contributed by atoms with Gasteiger partial charge in [-0.15, -0.1) is 0 Å². The summed E-state index contributed by atoms with van der Waals surface area (Å²) in [7, 11) is 0. The van der Waals surface area contributed by atoms with E-state index in [-0.39, 0.29) is 5.69 Å². The van der Waals surface area contributed by atoms with Gasteiger partial charge in [0, 0.05) is 4.90 Å². The molecule has 4 nitrogen and oxygen atoms in total.